The van der Waals surface area contributed by atoms with E-state index in [4.69, 9.17) is 8.83 Å². The van der Waals surface area contributed by atoms with Gasteiger partial charge in [0.15, 0.2) is 0 Å². The molecule has 0 saturated carbocycles. The SMILES string of the molecule is c1ccc(-c2ccccc2N(c2ccc(-c3cccc4oc5c(-c6ccccc6)c6c(cc5c34)oc3ccccc36)cc2)c2ccc3c(c2)C2(c4ccccc4-c4ccccc42)c2ccccc2-3)cc1. The molecule has 3 nitrogen and oxygen atoms in total. The summed E-state index contributed by atoms with van der Waals surface area (Å²) < 4.78 is 13.6. The molecular weight excluding hydrogens is 851 g/mol. The topological polar surface area (TPSA) is 29.5 Å². The summed E-state index contributed by atoms with van der Waals surface area (Å²) in [5.41, 5.74) is 23.3. The Hall–Kier alpha value is -9.18. The van der Waals surface area contributed by atoms with Crippen molar-refractivity contribution in [2.75, 3.05) is 4.90 Å². The normalized spacial score (nSPS) is 13.0. The van der Waals surface area contributed by atoms with E-state index >= 15 is 0 Å². The van der Waals surface area contributed by atoms with E-state index in [1.807, 2.05) is 12.1 Å². The van der Waals surface area contributed by atoms with Gasteiger partial charge in [-0.3, -0.25) is 0 Å². The average Bonchev–Trinajstić information content (AvgIpc) is 4.16. The zero-order chi connectivity index (χ0) is 45.9. The van der Waals surface area contributed by atoms with Crippen molar-refractivity contribution >= 4 is 60.9 Å². The Kier molecular flexibility index (Phi) is 8.28. The van der Waals surface area contributed by atoms with Crippen LogP contribution in [0.2, 0.25) is 0 Å². The van der Waals surface area contributed by atoms with Crippen LogP contribution in [0.4, 0.5) is 17.1 Å². The predicted molar refractivity (Wildman–Crippen MR) is 288 cm³/mol. The van der Waals surface area contributed by atoms with Gasteiger partial charge >= 0.3 is 0 Å². The zero-order valence-corrected chi connectivity index (χ0v) is 37.9. The summed E-state index contributed by atoms with van der Waals surface area (Å²) in [5.74, 6) is 0. The first-order valence-corrected chi connectivity index (χ1v) is 24.1. The molecule has 1 spiro atoms. The Morgan fingerprint density at radius 1 is 0.300 bits per heavy atom. The quantitative estimate of drug-likeness (QED) is 0.167. The molecule has 326 valence electrons. The van der Waals surface area contributed by atoms with Gasteiger partial charge < -0.3 is 13.7 Å². The van der Waals surface area contributed by atoms with E-state index in [0.29, 0.717) is 0 Å². The molecular formula is C67H41NO2. The Morgan fingerprint density at radius 2 is 0.829 bits per heavy atom. The molecule has 2 aliphatic rings. The predicted octanol–water partition coefficient (Wildman–Crippen LogP) is 18.3. The van der Waals surface area contributed by atoms with Crippen molar-refractivity contribution in [1.82, 2.24) is 0 Å². The number of hydrogen-bond donors (Lipinski definition) is 0. The van der Waals surface area contributed by atoms with E-state index in [9.17, 15) is 0 Å². The summed E-state index contributed by atoms with van der Waals surface area (Å²) in [4.78, 5) is 2.45. The molecule has 0 bridgehead atoms. The van der Waals surface area contributed by atoms with Gasteiger partial charge in [0.1, 0.15) is 22.3 Å². The van der Waals surface area contributed by atoms with Crippen LogP contribution in [0, 0.1) is 0 Å². The van der Waals surface area contributed by atoms with Gasteiger partial charge in [0, 0.05) is 44.0 Å². The highest BCUT2D eigenvalue weighted by Crippen LogP contribution is 2.63. The fourth-order valence-electron chi connectivity index (χ4n) is 12.3. The van der Waals surface area contributed by atoms with Crippen LogP contribution in [0.3, 0.4) is 0 Å². The van der Waals surface area contributed by atoms with E-state index in [2.05, 4.69) is 241 Å². The number of hydrogen-bond acceptors (Lipinski definition) is 3. The summed E-state index contributed by atoms with van der Waals surface area (Å²) in [7, 11) is 0. The third-order valence-corrected chi connectivity index (χ3v) is 15.1. The molecule has 0 N–H and O–H groups in total. The summed E-state index contributed by atoms with van der Waals surface area (Å²) >= 11 is 0. The third kappa shape index (κ3) is 5.40. The molecule has 0 unspecified atom stereocenters. The monoisotopic (exact) mass is 891 g/mol. The number of nitrogens with zero attached hydrogens (tertiary/aromatic N) is 1. The second-order valence-corrected chi connectivity index (χ2v) is 18.6. The van der Waals surface area contributed by atoms with Gasteiger partial charge in [-0.15, -0.1) is 0 Å². The molecule has 3 heteroatoms. The summed E-state index contributed by atoms with van der Waals surface area (Å²) in [6.45, 7) is 0. The first-order valence-electron chi connectivity index (χ1n) is 24.1. The molecule has 0 fully saturated rings. The Morgan fingerprint density at radius 3 is 1.53 bits per heavy atom. The molecule has 2 aliphatic carbocycles. The largest absolute Gasteiger partial charge is 0.456 e. The van der Waals surface area contributed by atoms with E-state index in [1.165, 1.54) is 44.5 Å². The van der Waals surface area contributed by atoms with Crippen LogP contribution in [0.5, 0.6) is 0 Å². The van der Waals surface area contributed by atoms with E-state index in [0.717, 1.165) is 94.3 Å². The van der Waals surface area contributed by atoms with Gasteiger partial charge in [-0.25, -0.2) is 0 Å². The lowest BCUT2D eigenvalue weighted by atomic mass is 9.70. The van der Waals surface area contributed by atoms with Crippen molar-refractivity contribution in [3.8, 4) is 55.6 Å². The van der Waals surface area contributed by atoms with E-state index < -0.39 is 5.41 Å². The summed E-state index contributed by atoms with van der Waals surface area (Å²) in [6, 6.07) is 90.4. The highest BCUT2D eigenvalue weighted by atomic mass is 16.3. The van der Waals surface area contributed by atoms with Crippen LogP contribution >= 0.6 is 0 Å². The zero-order valence-electron chi connectivity index (χ0n) is 37.9. The van der Waals surface area contributed by atoms with Crippen molar-refractivity contribution in [3.05, 3.63) is 271 Å². The molecule has 2 heterocycles. The van der Waals surface area contributed by atoms with Crippen LogP contribution in [0.15, 0.2) is 258 Å². The maximum atomic E-state index is 6.95. The number of benzene rings is 11. The smallest absolute Gasteiger partial charge is 0.144 e. The lowest BCUT2D eigenvalue weighted by Crippen LogP contribution is -2.26. The van der Waals surface area contributed by atoms with Crippen molar-refractivity contribution in [1.29, 1.82) is 0 Å². The van der Waals surface area contributed by atoms with Crippen LogP contribution in [-0.2, 0) is 5.41 Å². The minimum Gasteiger partial charge on any atom is -0.456 e. The Balaban J connectivity index is 0.937. The fourth-order valence-corrected chi connectivity index (χ4v) is 12.3. The van der Waals surface area contributed by atoms with Crippen molar-refractivity contribution in [3.63, 3.8) is 0 Å². The van der Waals surface area contributed by atoms with Gasteiger partial charge in [-0.2, -0.15) is 0 Å². The molecule has 0 atom stereocenters. The standard InChI is InChI=1S/C67H41NO2/c1-3-18-42(19-4-1)47-22-10-15-31-59(47)68(46-38-39-52-51-25-9-14-30-57(51)67(58(52)40-46)55-28-12-7-23-49(55)50-24-8-13-29-56(50)67)45-36-34-43(35-37-45)48-27-17-33-61-64(48)54-41-62-65(53-26-11-16-32-60(53)69-62)63(66(54)70-61)44-20-5-2-6-21-44/h1-41H. The number of fused-ring (bicyclic) bond motifs is 16. The molecule has 0 radical (unpaired) electrons. The van der Waals surface area contributed by atoms with Gasteiger partial charge in [0.25, 0.3) is 0 Å². The summed E-state index contributed by atoms with van der Waals surface area (Å²) in [6.07, 6.45) is 0. The molecule has 11 aromatic carbocycles. The van der Waals surface area contributed by atoms with Crippen LogP contribution in [0.1, 0.15) is 22.3 Å². The van der Waals surface area contributed by atoms with Crippen molar-refractivity contribution in [2.45, 2.75) is 5.41 Å². The van der Waals surface area contributed by atoms with E-state index in [1.54, 1.807) is 0 Å². The van der Waals surface area contributed by atoms with Crippen LogP contribution in [-0.4, -0.2) is 0 Å². The first kappa shape index (κ1) is 38.9. The van der Waals surface area contributed by atoms with Gasteiger partial charge in [0.2, 0.25) is 0 Å². The first-order chi connectivity index (χ1) is 34.7. The molecule has 0 saturated heterocycles. The van der Waals surface area contributed by atoms with E-state index in [-0.39, 0.29) is 0 Å². The molecule has 0 aliphatic heterocycles. The minimum atomic E-state index is -0.468. The van der Waals surface area contributed by atoms with Gasteiger partial charge in [-0.1, -0.05) is 200 Å². The maximum absolute atomic E-state index is 6.95. The third-order valence-electron chi connectivity index (χ3n) is 15.1. The van der Waals surface area contributed by atoms with Gasteiger partial charge in [0.05, 0.1) is 11.1 Å². The van der Waals surface area contributed by atoms with Crippen LogP contribution in [0.25, 0.3) is 99.5 Å². The summed E-state index contributed by atoms with van der Waals surface area (Å²) in [5, 5.41) is 4.24. The lowest BCUT2D eigenvalue weighted by Gasteiger charge is -2.32. The molecule has 70 heavy (non-hydrogen) atoms. The highest BCUT2D eigenvalue weighted by Gasteiger charge is 2.51. The minimum absolute atomic E-state index is 0.468. The van der Waals surface area contributed by atoms with Gasteiger partial charge in [-0.05, 0) is 115 Å². The lowest BCUT2D eigenvalue weighted by molar-refractivity contribution is 0.664. The average molecular weight is 892 g/mol. The Labute approximate surface area is 404 Å². The van der Waals surface area contributed by atoms with Crippen molar-refractivity contribution in [2.24, 2.45) is 0 Å². The fraction of sp³-hybridized carbons (Fsp3) is 0.0149. The van der Waals surface area contributed by atoms with Crippen molar-refractivity contribution < 1.29 is 8.83 Å². The highest BCUT2D eigenvalue weighted by molar-refractivity contribution is 6.25. The second-order valence-electron chi connectivity index (χ2n) is 18.6. The molecule has 13 aromatic rings. The number of para-hydroxylation sites is 2. The molecule has 2 aromatic heterocycles. The maximum Gasteiger partial charge on any atom is 0.144 e. The molecule has 0 amide bonds. The number of rotatable bonds is 6. The second kappa shape index (κ2) is 14.9. The number of anilines is 3. The number of furan rings is 2. The molecule has 15 rings (SSSR count). The van der Waals surface area contributed by atoms with Crippen LogP contribution < -0.4 is 4.90 Å². The Bertz CT molecular complexity index is 4170.